The average molecular weight is 455 g/mol. The molecule has 0 radical (unpaired) electrons. The van der Waals surface area contributed by atoms with E-state index in [4.69, 9.17) is 9.47 Å². The topological polar surface area (TPSA) is 147 Å². The third kappa shape index (κ3) is 4.67. The Hall–Kier alpha value is -5.19. The van der Waals surface area contributed by atoms with Crippen molar-refractivity contribution in [2.45, 2.75) is 0 Å². The van der Waals surface area contributed by atoms with Crippen LogP contribution in [0.2, 0.25) is 0 Å². The van der Waals surface area contributed by atoms with Crippen molar-refractivity contribution in [3.63, 3.8) is 0 Å². The van der Waals surface area contributed by atoms with Crippen LogP contribution in [0.15, 0.2) is 79.1 Å². The van der Waals surface area contributed by atoms with E-state index < -0.39 is 12.0 Å². The van der Waals surface area contributed by atoms with Crippen LogP contribution in [-0.2, 0) is 0 Å². The number of fused-ring (bicyclic) bond motifs is 1. The second kappa shape index (κ2) is 9.12. The Morgan fingerprint density at radius 3 is 2.53 bits per heavy atom. The molecule has 5 rings (SSSR count). The van der Waals surface area contributed by atoms with E-state index in [0.29, 0.717) is 16.8 Å². The number of nitrogens with one attached hydrogen (secondary N) is 4. The van der Waals surface area contributed by atoms with Gasteiger partial charge in [0.1, 0.15) is 17.0 Å². The Morgan fingerprint density at radius 1 is 0.853 bits per heavy atom. The predicted octanol–water partition coefficient (Wildman–Crippen LogP) is 4.34. The molecule has 11 nitrogen and oxygen atoms in total. The summed E-state index contributed by atoms with van der Waals surface area (Å²) in [5.41, 5.74) is 1.07. The molecular weight excluding hydrogens is 438 g/mol. The van der Waals surface area contributed by atoms with Gasteiger partial charge < -0.3 is 19.4 Å². The minimum Gasteiger partial charge on any atom is -0.439 e. The first kappa shape index (κ1) is 20.7. The fourth-order valence-electron chi connectivity index (χ4n) is 3.08. The Balaban J connectivity index is 1.30. The maximum absolute atomic E-state index is 12.7. The lowest BCUT2D eigenvalue weighted by Crippen LogP contribution is -2.17. The fraction of sp³-hybridized carbons (Fsp3) is 0. The van der Waals surface area contributed by atoms with Crippen molar-refractivity contribution in [3.8, 4) is 17.4 Å². The Labute approximate surface area is 192 Å². The number of amides is 2. The third-order valence-corrected chi connectivity index (χ3v) is 4.55. The number of hydrogen-bond acceptors (Lipinski definition) is 7. The maximum atomic E-state index is 12.7. The number of carbonyl (C=O) groups excluding carboxylic acids is 2. The van der Waals surface area contributed by atoms with Crippen LogP contribution in [0.3, 0.4) is 0 Å². The summed E-state index contributed by atoms with van der Waals surface area (Å²) in [5, 5.41) is 5.13. The van der Waals surface area contributed by atoms with Crippen LogP contribution in [0, 0.1) is 0 Å². The van der Waals surface area contributed by atoms with Gasteiger partial charge in [-0.3, -0.25) is 15.4 Å². The zero-order chi connectivity index (χ0) is 23.3. The first-order chi connectivity index (χ1) is 16.6. The minimum atomic E-state index is -0.734. The van der Waals surface area contributed by atoms with Crippen LogP contribution in [0.1, 0.15) is 10.5 Å². The number of aromatic amines is 2. The molecule has 0 bridgehead atoms. The summed E-state index contributed by atoms with van der Waals surface area (Å²) in [6.07, 6.45) is 2.33. The molecule has 0 saturated carbocycles. The van der Waals surface area contributed by atoms with Gasteiger partial charge in [0.25, 0.3) is 5.91 Å². The standard InChI is InChI=1S/C23H17N7O4/c31-20(16-9-5-11-18(26-16)33-14-6-2-1-3-7-14)29-22-27-15-8-4-10-17(19(15)28-22)34-23(32)30-21-24-12-13-25-21/h1-13H,(H2,24,25,30,32)(H2,27,28,29,31). The van der Waals surface area contributed by atoms with E-state index in [9.17, 15) is 9.59 Å². The van der Waals surface area contributed by atoms with Crippen LogP contribution in [-0.4, -0.2) is 36.9 Å². The van der Waals surface area contributed by atoms with Gasteiger partial charge in [-0.15, -0.1) is 0 Å². The first-order valence-corrected chi connectivity index (χ1v) is 10.1. The van der Waals surface area contributed by atoms with Crippen molar-refractivity contribution in [1.29, 1.82) is 0 Å². The molecule has 5 aromatic rings. The van der Waals surface area contributed by atoms with Gasteiger partial charge in [0.2, 0.25) is 17.8 Å². The van der Waals surface area contributed by atoms with E-state index in [1.807, 2.05) is 18.2 Å². The highest BCUT2D eigenvalue weighted by molar-refractivity contribution is 6.03. The lowest BCUT2D eigenvalue weighted by molar-refractivity contribution is 0.102. The molecule has 0 aliphatic heterocycles. The normalized spacial score (nSPS) is 10.6. The number of carbonyl (C=O) groups is 2. The average Bonchev–Trinajstić information content (AvgIpc) is 3.50. The number of H-pyrrole nitrogens is 2. The van der Waals surface area contributed by atoms with Crippen LogP contribution >= 0.6 is 0 Å². The smallest absolute Gasteiger partial charge is 0.419 e. The second-order valence-corrected chi connectivity index (χ2v) is 6.92. The van der Waals surface area contributed by atoms with Crippen molar-refractivity contribution < 1.29 is 19.1 Å². The van der Waals surface area contributed by atoms with Crippen LogP contribution in [0.25, 0.3) is 11.0 Å². The van der Waals surface area contributed by atoms with E-state index in [0.717, 1.165) is 0 Å². The lowest BCUT2D eigenvalue weighted by Gasteiger charge is -2.06. The largest absolute Gasteiger partial charge is 0.439 e. The van der Waals surface area contributed by atoms with E-state index in [1.54, 1.807) is 54.7 Å². The second-order valence-electron chi connectivity index (χ2n) is 6.92. The van der Waals surface area contributed by atoms with Crippen molar-refractivity contribution in [1.82, 2.24) is 24.9 Å². The van der Waals surface area contributed by atoms with Gasteiger partial charge in [0.15, 0.2) is 5.75 Å². The number of ether oxygens (including phenoxy) is 2. The van der Waals surface area contributed by atoms with E-state index in [2.05, 4.69) is 35.6 Å². The number of benzene rings is 2. The van der Waals surface area contributed by atoms with Gasteiger partial charge in [-0.2, -0.15) is 0 Å². The number of aromatic nitrogens is 5. The third-order valence-electron chi connectivity index (χ3n) is 4.55. The molecule has 0 spiro atoms. The summed E-state index contributed by atoms with van der Waals surface area (Å²) in [5.74, 6) is 1.04. The summed E-state index contributed by atoms with van der Waals surface area (Å²) >= 11 is 0. The lowest BCUT2D eigenvalue weighted by atomic mass is 10.3. The zero-order valence-corrected chi connectivity index (χ0v) is 17.5. The summed E-state index contributed by atoms with van der Waals surface area (Å²) in [7, 11) is 0. The highest BCUT2D eigenvalue weighted by atomic mass is 16.6. The number of nitrogens with zero attached hydrogens (tertiary/aromatic N) is 3. The minimum absolute atomic E-state index is 0.142. The van der Waals surface area contributed by atoms with Crippen molar-refractivity contribution >= 4 is 34.9 Å². The molecule has 11 heteroatoms. The Morgan fingerprint density at radius 2 is 1.71 bits per heavy atom. The van der Waals surface area contributed by atoms with Crippen molar-refractivity contribution in [2.75, 3.05) is 10.6 Å². The van der Waals surface area contributed by atoms with Crippen LogP contribution < -0.4 is 20.1 Å². The molecule has 0 aliphatic rings. The van der Waals surface area contributed by atoms with E-state index >= 15 is 0 Å². The van der Waals surface area contributed by atoms with E-state index in [-0.39, 0.29) is 29.2 Å². The highest BCUT2D eigenvalue weighted by Gasteiger charge is 2.15. The van der Waals surface area contributed by atoms with Gasteiger partial charge in [-0.05, 0) is 30.3 Å². The van der Waals surface area contributed by atoms with Crippen molar-refractivity contribution in [2.24, 2.45) is 0 Å². The number of rotatable bonds is 6. The fourth-order valence-corrected chi connectivity index (χ4v) is 3.08. The SMILES string of the molecule is O=C(Nc1ncc[nH]1)Oc1cccc2nc(NC(=O)c3cccc(Oc4ccccc4)n3)[nH]c12. The molecule has 0 saturated heterocycles. The van der Waals surface area contributed by atoms with Gasteiger partial charge in [-0.25, -0.2) is 19.7 Å². The van der Waals surface area contributed by atoms with Crippen LogP contribution in [0.4, 0.5) is 16.7 Å². The summed E-state index contributed by atoms with van der Waals surface area (Å²) in [6, 6.07) is 19.0. The Kier molecular flexibility index (Phi) is 5.55. The molecule has 3 aromatic heterocycles. The molecule has 168 valence electrons. The summed E-state index contributed by atoms with van der Waals surface area (Å²) < 4.78 is 11.0. The number of anilines is 2. The first-order valence-electron chi connectivity index (χ1n) is 10.1. The quantitative estimate of drug-likeness (QED) is 0.298. The zero-order valence-electron chi connectivity index (χ0n) is 17.5. The van der Waals surface area contributed by atoms with Crippen molar-refractivity contribution in [3.05, 3.63) is 84.8 Å². The highest BCUT2D eigenvalue weighted by Crippen LogP contribution is 2.26. The van der Waals surface area contributed by atoms with Gasteiger partial charge in [-0.1, -0.05) is 30.3 Å². The molecule has 0 fully saturated rings. The summed E-state index contributed by atoms with van der Waals surface area (Å²) in [4.78, 5) is 43.1. The molecular formula is C23H17N7O4. The predicted molar refractivity (Wildman–Crippen MR) is 123 cm³/mol. The molecule has 34 heavy (non-hydrogen) atoms. The van der Waals surface area contributed by atoms with E-state index in [1.165, 1.54) is 6.20 Å². The maximum Gasteiger partial charge on any atom is 0.419 e. The number of pyridine rings is 1. The number of para-hydroxylation sites is 2. The molecule has 2 aromatic carbocycles. The summed E-state index contributed by atoms with van der Waals surface area (Å²) in [6.45, 7) is 0. The molecule has 3 heterocycles. The molecule has 0 unspecified atom stereocenters. The van der Waals surface area contributed by atoms with Gasteiger partial charge >= 0.3 is 6.09 Å². The van der Waals surface area contributed by atoms with Gasteiger partial charge in [0, 0.05) is 18.5 Å². The molecule has 0 atom stereocenters. The number of imidazole rings is 2. The van der Waals surface area contributed by atoms with Gasteiger partial charge in [0.05, 0.1) is 5.52 Å². The molecule has 2 amide bonds. The Bertz CT molecular complexity index is 1450. The molecule has 4 N–H and O–H groups in total. The van der Waals surface area contributed by atoms with Crippen LogP contribution in [0.5, 0.6) is 17.4 Å². The number of hydrogen-bond donors (Lipinski definition) is 4. The molecule has 0 aliphatic carbocycles. The monoisotopic (exact) mass is 455 g/mol.